The monoisotopic (exact) mass is 288 g/mol. The molecule has 0 radical (unpaired) electrons. The number of carbonyl (C=O) groups excluding carboxylic acids is 2. The summed E-state index contributed by atoms with van der Waals surface area (Å²) in [5, 5.41) is 1.85. The van der Waals surface area contributed by atoms with E-state index in [1.165, 1.54) is 16.9 Å². The number of benzene rings is 1. The first-order valence-corrected chi connectivity index (χ1v) is 7.43. The highest BCUT2D eigenvalue weighted by Crippen LogP contribution is 2.15. The van der Waals surface area contributed by atoms with Crippen LogP contribution in [0.5, 0.6) is 5.75 Å². The second kappa shape index (κ2) is 7.01. The standard InChI is InChI=1S/C16H16O3S/c1-2-12-5-7-13(8-6-12)19-16(18)10-9-14(17)15-4-3-11-20-15/h3-8,11H,2,9-10H2,1H3. The maximum atomic E-state index is 11.7. The molecule has 0 aliphatic heterocycles. The van der Waals surface area contributed by atoms with Gasteiger partial charge < -0.3 is 4.74 Å². The molecule has 0 aliphatic carbocycles. The van der Waals surface area contributed by atoms with Crippen molar-refractivity contribution in [3.05, 3.63) is 52.2 Å². The molecule has 0 saturated carbocycles. The molecule has 0 N–H and O–H groups in total. The van der Waals surface area contributed by atoms with Crippen molar-refractivity contribution in [2.45, 2.75) is 26.2 Å². The molecule has 104 valence electrons. The summed E-state index contributed by atoms with van der Waals surface area (Å²) in [6.45, 7) is 2.07. The number of carbonyl (C=O) groups is 2. The molecule has 0 fully saturated rings. The van der Waals surface area contributed by atoms with E-state index in [1.54, 1.807) is 18.2 Å². The van der Waals surface area contributed by atoms with E-state index in [0.29, 0.717) is 10.6 Å². The number of esters is 1. The average Bonchev–Trinajstić information content (AvgIpc) is 3.00. The Hall–Kier alpha value is -1.94. The van der Waals surface area contributed by atoms with Crippen LogP contribution in [0, 0.1) is 0 Å². The summed E-state index contributed by atoms with van der Waals surface area (Å²) in [5.74, 6) is 0.133. The first kappa shape index (κ1) is 14.5. The van der Waals surface area contributed by atoms with Crippen molar-refractivity contribution < 1.29 is 14.3 Å². The van der Waals surface area contributed by atoms with Crippen molar-refractivity contribution >= 4 is 23.1 Å². The molecule has 1 aromatic carbocycles. The van der Waals surface area contributed by atoms with Gasteiger partial charge in [0.1, 0.15) is 5.75 Å². The lowest BCUT2D eigenvalue weighted by Gasteiger charge is -2.04. The van der Waals surface area contributed by atoms with Gasteiger partial charge in [0.05, 0.1) is 11.3 Å². The molecule has 0 atom stereocenters. The van der Waals surface area contributed by atoms with Gasteiger partial charge in [-0.2, -0.15) is 0 Å². The Kier molecular flexibility index (Phi) is 5.07. The third-order valence-corrected chi connectivity index (χ3v) is 3.83. The molecule has 0 saturated heterocycles. The SMILES string of the molecule is CCc1ccc(OC(=O)CCC(=O)c2cccs2)cc1. The molecule has 3 nitrogen and oxygen atoms in total. The lowest BCUT2D eigenvalue weighted by atomic mass is 10.2. The van der Waals surface area contributed by atoms with Gasteiger partial charge >= 0.3 is 5.97 Å². The minimum Gasteiger partial charge on any atom is -0.427 e. The molecule has 20 heavy (non-hydrogen) atoms. The summed E-state index contributed by atoms with van der Waals surface area (Å²) in [6.07, 6.45) is 1.24. The summed E-state index contributed by atoms with van der Waals surface area (Å²) < 4.78 is 5.19. The minimum absolute atomic E-state index is 0.0155. The minimum atomic E-state index is -0.376. The summed E-state index contributed by atoms with van der Waals surface area (Å²) in [4.78, 5) is 24.1. The van der Waals surface area contributed by atoms with Crippen LogP contribution in [0.25, 0.3) is 0 Å². The van der Waals surface area contributed by atoms with Crippen molar-refractivity contribution in [2.75, 3.05) is 0 Å². The molecule has 2 rings (SSSR count). The van der Waals surface area contributed by atoms with Crippen LogP contribution >= 0.6 is 11.3 Å². The summed E-state index contributed by atoms with van der Waals surface area (Å²) >= 11 is 1.39. The highest BCUT2D eigenvalue weighted by atomic mass is 32.1. The zero-order chi connectivity index (χ0) is 14.4. The molecule has 0 amide bonds. The summed E-state index contributed by atoms with van der Waals surface area (Å²) in [5.41, 5.74) is 1.19. The molecule has 2 aromatic rings. The van der Waals surface area contributed by atoms with Gasteiger partial charge in [0.15, 0.2) is 5.78 Å². The van der Waals surface area contributed by atoms with Crippen LogP contribution in [-0.4, -0.2) is 11.8 Å². The van der Waals surface area contributed by atoms with E-state index in [9.17, 15) is 9.59 Å². The average molecular weight is 288 g/mol. The smallest absolute Gasteiger partial charge is 0.311 e. The predicted octanol–water partition coefficient (Wildman–Crippen LogP) is 3.88. The van der Waals surface area contributed by atoms with E-state index < -0.39 is 0 Å². The third-order valence-electron chi connectivity index (χ3n) is 2.92. The van der Waals surface area contributed by atoms with Crippen LogP contribution in [0.15, 0.2) is 41.8 Å². The van der Waals surface area contributed by atoms with E-state index in [-0.39, 0.29) is 24.6 Å². The van der Waals surface area contributed by atoms with Gasteiger partial charge in [0.2, 0.25) is 0 Å². The second-order valence-corrected chi connectivity index (χ2v) is 5.32. The number of thiophene rings is 1. The van der Waals surface area contributed by atoms with Gasteiger partial charge in [0, 0.05) is 6.42 Å². The van der Waals surface area contributed by atoms with Gasteiger partial charge in [-0.25, -0.2) is 0 Å². The van der Waals surface area contributed by atoms with Crippen molar-refractivity contribution in [3.8, 4) is 5.75 Å². The highest BCUT2D eigenvalue weighted by molar-refractivity contribution is 7.12. The fourth-order valence-electron chi connectivity index (χ4n) is 1.75. The molecule has 0 aliphatic rings. The Morgan fingerprint density at radius 2 is 1.85 bits per heavy atom. The number of ether oxygens (including phenoxy) is 1. The summed E-state index contributed by atoms with van der Waals surface area (Å²) in [6, 6.07) is 11.0. The zero-order valence-corrected chi connectivity index (χ0v) is 12.1. The van der Waals surface area contributed by atoms with Crippen molar-refractivity contribution in [1.82, 2.24) is 0 Å². The van der Waals surface area contributed by atoms with Crippen LogP contribution in [0.4, 0.5) is 0 Å². The molecular formula is C16H16O3S. The van der Waals surface area contributed by atoms with Crippen molar-refractivity contribution in [2.24, 2.45) is 0 Å². The Morgan fingerprint density at radius 3 is 2.45 bits per heavy atom. The molecule has 0 bridgehead atoms. The third kappa shape index (κ3) is 4.03. The van der Waals surface area contributed by atoms with Gasteiger partial charge in [-0.05, 0) is 35.6 Å². The van der Waals surface area contributed by atoms with E-state index in [1.807, 2.05) is 23.6 Å². The van der Waals surface area contributed by atoms with Crippen LogP contribution < -0.4 is 4.74 Å². The zero-order valence-electron chi connectivity index (χ0n) is 11.3. The van der Waals surface area contributed by atoms with Gasteiger partial charge in [0.25, 0.3) is 0 Å². The molecule has 0 unspecified atom stereocenters. The maximum absolute atomic E-state index is 11.7. The molecule has 1 heterocycles. The first-order chi connectivity index (χ1) is 9.69. The van der Waals surface area contributed by atoms with E-state index in [0.717, 1.165) is 6.42 Å². The largest absolute Gasteiger partial charge is 0.427 e. The molecular weight excluding hydrogens is 272 g/mol. The Labute approximate surface area is 122 Å². The number of Topliss-reactive ketones (excluding diaryl/α,β-unsaturated/α-hetero) is 1. The number of aryl methyl sites for hydroxylation is 1. The number of ketones is 1. The lowest BCUT2D eigenvalue weighted by Crippen LogP contribution is -2.10. The number of hydrogen-bond acceptors (Lipinski definition) is 4. The Morgan fingerprint density at radius 1 is 1.10 bits per heavy atom. The Bertz CT molecular complexity index is 570. The molecule has 4 heteroatoms. The van der Waals surface area contributed by atoms with Crippen LogP contribution in [0.2, 0.25) is 0 Å². The van der Waals surface area contributed by atoms with Crippen LogP contribution in [0.1, 0.15) is 35.0 Å². The van der Waals surface area contributed by atoms with Crippen molar-refractivity contribution in [3.63, 3.8) is 0 Å². The van der Waals surface area contributed by atoms with Gasteiger partial charge in [-0.1, -0.05) is 25.1 Å². The first-order valence-electron chi connectivity index (χ1n) is 6.55. The Balaban J connectivity index is 1.81. The second-order valence-electron chi connectivity index (χ2n) is 4.37. The maximum Gasteiger partial charge on any atom is 0.311 e. The molecule has 1 aromatic heterocycles. The fraction of sp³-hybridized carbons (Fsp3) is 0.250. The summed E-state index contributed by atoms with van der Waals surface area (Å²) in [7, 11) is 0. The normalized spacial score (nSPS) is 10.2. The van der Waals surface area contributed by atoms with E-state index >= 15 is 0 Å². The van der Waals surface area contributed by atoms with Gasteiger partial charge in [-0.3, -0.25) is 9.59 Å². The quantitative estimate of drug-likeness (QED) is 0.460. The fourth-order valence-corrected chi connectivity index (χ4v) is 2.45. The van der Waals surface area contributed by atoms with Crippen molar-refractivity contribution in [1.29, 1.82) is 0 Å². The van der Waals surface area contributed by atoms with Gasteiger partial charge in [-0.15, -0.1) is 11.3 Å². The molecule has 0 spiro atoms. The van der Waals surface area contributed by atoms with E-state index in [4.69, 9.17) is 4.74 Å². The highest BCUT2D eigenvalue weighted by Gasteiger charge is 2.11. The lowest BCUT2D eigenvalue weighted by molar-refractivity contribution is -0.134. The topological polar surface area (TPSA) is 43.4 Å². The van der Waals surface area contributed by atoms with Crippen LogP contribution in [0.3, 0.4) is 0 Å². The number of hydrogen-bond donors (Lipinski definition) is 0. The predicted molar refractivity (Wildman–Crippen MR) is 79.3 cm³/mol. The number of rotatable bonds is 6. The van der Waals surface area contributed by atoms with E-state index in [2.05, 4.69) is 6.92 Å². The van der Waals surface area contributed by atoms with Crippen LogP contribution in [-0.2, 0) is 11.2 Å².